The molecule has 0 spiro atoms. The molecule has 2 N–H and O–H groups in total. The van der Waals surface area contributed by atoms with Crippen molar-refractivity contribution in [1.29, 1.82) is 0 Å². The van der Waals surface area contributed by atoms with Gasteiger partial charge in [-0.05, 0) is 18.2 Å². The monoisotopic (exact) mass is 233 g/mol. The van der Waals surface area contributed by atoms with E-state index in [1.165, 1.54) is 12.1 Å². The molecule has 1 amide bonds. The lowest BCUT2D eigenvalue weighted by atomic mass is 10.3. The van der Waals surface area contributed by atoms with Gasteiger partial charge in [-0.1, -0.05) is 11.6 Å². The van der Waals surface area contributed by atoms with Crippen molar-refractivity contribution in [2.45, 2.75) is 0 Å². The van der Waals surface area contributed by atoms with Crippen LogP contribution in [0.15, 0.2) is 18.2 Å². The predicted octanol–water partition coefficient (Wildman–Crippen LogP) is 2.02. The predicted molar refractivity (Wildman–Crippen MR) is 53.5 cm³/mol. The van der Waals surface area contributed by atoms with Crippen LogP contribution < -0.4 is 5.32 Å². The van der Waals surface area contributed by atoms with Crippen LogP contribution in [-0.2, 0) is 4.74 Å². The minimum absolute atomic E-state index is 0.0238. The van der Waals surface area contributed by atoms with E-state index in [0.717, 1.165) is 6.07 Å². The molecular formula is C9H9ClFNO3. The summed E-state index contributed by atoms with van der Waals surface area (Å²) >= 11 is 5.45. The molecule has 0 saturated heterocycles. The van der Waals surface area contributed by atoms with Gasteiger partial charge in [-0.15, -0.1) is 0 Å². The van der Waals surface area contributed by atoms with Crippen molar-refractivity contribution >= 4 is 23.4 Å². The first-order valence-corrected chi connectivity index (χ1v) is 4.51. The molecule has 0 aliphatic carbocycles. The molecule has 0 aliphatic heterocycles. The van der Waals surface area contributed by atoms with Crippen LogP contribution in [-0.4, -0.2) is 24.4 Å². The average Bonchev–Trinajstić information content (AvgIpc) is 2.20. The first-order valence-electron chi connectivity index (χ1n) is 4.13. The Morgan fingerprint density at radius 2 is 2.33 bits per heavy atom. The molecule has 82 valence electrons. The van der Waals surface area contributed by atoms with Gasteiger partial charge in [0.1, 0.15) is 12.4 Å². The van der Waals surface area contributed by atoms with E-state index in [1.807, 2.05) is 0 Å². The number of hydrogen-bond donors (Lipinski definition) is 2. The fourth-order valence-electron chi connectivity index (χ4n) is 0.866. The van der Waals surface area contributed by atoms with E-state index in [1.54, 1.807) is 0 Å². The number of benzene rings is 1. The first kappa shape index (κ1) is 11.7. The number of carbonyl (C=O) groups is 1. The zero-order valence-electron chi connectivity index (χ0n) is 7.67. The van der Waals surface area contributed by atoms with E-state index in [0.29, 0.717) is 0 Å². The number of amides is 1. The summed E-state index contributed by atoms with van der Waals surface area (Å²) in [6.07, 6.45) is -0.759. The minimum Gasteiger partial charge on any atom is -0.447 e. The van der Waals surface area contributed by atoms with Gasteiger partial charge >= 0.3 is 6.09 Å². The Labute approximate surface area is 90.6 Å². The van der Waals surface area contributed by atoms with Crippen molar-refractivity contribution in [1.82, 2.24) is 0 Å². The minimum atomic E-state index is -0.759. The van der Waals surface area contributed by atoms with Gasteiger partial charge in [0.2, 0.25) is 0 Å². The highest BCUT2D eigenvalue weighted by atomic mass is 35.5. The van der Waals surface area contributed by atoms with Crippen molar-refractivity contribution in [2.75, 3.05) is 18.5 Å². The van der Waals surface area contributed by atoms with E-state index in [2.05, 4.69) is 10.1 Å². The van der Waals surface area contributed by atoms with Crippen molar-refractivity contribution in [3.8, 4) is 0 Å². The molecule has 0 atom stereocenters. The van der Waals surface area contributed by atoms with E-state index in [4.69, 9.17) is 16.7 Å². The molecule has 0 aromatic heterocycles. The highest BCUT2D eigenvalue weighted by molar-refractivity contribution is 6.30. The van der Waals surface area contributed by atoms with E-state index in [9.17, 15) is 9.18 Å². The second-order valence-corrected chi connectivity index (χ2v) is 3.02. The molecule has 1 rings (SSSR count). The second-order valence-electron chi connectivity index (χ2n) is 2.61. The second kappa shape index (κ2) is 5.53. The summed E-state index contributed by atoms with van der Waals surface area (Å²) in [6, 6.07) is 3.83. The van der Waals surface area contributed by atoms with Gasteiger partial charge in [-0.3, -0.25) is 5.32 Å². The molecule has 0 aliphatic rings. The Morgan fingerprint density at radius 1 is 1.60 bits per heavy atom. The van der Waals surface area contributed by atoms with E-state index >= 15 is 0 Å². The van der Waals surface area contributed by atoms with Gasteiger partial charge in [0.05, 0.1) is 11.6 Å². The third-order valence-electron chi connectivity index (χ3n) is 1.49. The molecule has 0 saturated carbocycles. The molecule has 15 heavy (non-hydrogen) atoms. The van der Waals surface area contributed by atoms with Crippen LogP contribution in [0.5, 0.6) is 0 Å². The number of ether oxygens (including phenoxy) is 1. The van der Waals surface area contributed by atoms with Crippen LogP contribution >= 0.6 is 11.6 Å². The Balaban J connectivity index is 2.57. The SMILES string of the molecule is O=C(Nc1ccc(Cl)c(F)c1)OCCO. The van der Waals surface area contributed by atoms with Gasteiger partial charge < -0.3 is 9.84 Å². The number of halogens is 2. The maximum atomic E-state index is 12.9. The van der Waals surface area contributed by atoms with Crippen LogP contribution in [0.3, 0.4) is 0 Å². The smallest absolute Gasteiger partial charge is 0.411 e. The topological polar surface area (TPSA) is 58.6 Å². The summed E-state index contributed by atoms with van der Waals surface area (Å²) in [5.74, 6) is -0.628. The summed E-state index contributed by atoms with van der Waals surface area (Å²) in [5, 5.41) is 10.6. The molecule has 6 heteroatoms. The molecule has 4 nitrogen and oxygen atoms in total. The number of anilines is 1. The quantitative estimate of drug-likeness (QED) is 0.840. The lowest BCUT2D eigenvalue weighted by molar-refractivity contribution is 0.131. The maximum Gasteiger partial charge on any atom is 0.411 e. The summed E-state index contributed by atoms with van der Waals surface area (Å²) in [5.41, 5.74) is 0.236. The summed E-state index contributed by atoms with van der Waals surface area (Å²) in [4.78, 5) is 11.0. The van der Waals surface area contributed by atoms with Crippen molar-refractivity contribution in [3.63, 3.8) is 0 Å². The molecule has 1 aromatic rings. The molecule has 1 aromatic carbocycles. The third-order valence-corrected chi connectivity index (χ3v) is 1.80. The van der Waals surface area contributed by atoms with E-state index < -0.39 is 11.9 Å². The maximum absolute atomic E-state index is 12.9. The number of aliphatic hydroxyl groups excluding tert-OH is 1. The first-order chi connectivity index (χ1) is 7.13. The van der Waals surface area contributed by atoms with E-state index in [-0.39, 0.29) is 23.9 Å². The number of carbonyl (C=O) groups excluding carboxylic acids is 1. The number of hydrogen-bond acceptors (Lipinski definition) is 3. The van der Waals surface area contributed by atoms with Crippen molar-refractivity contribution in [2.24, 2.45) is 0 Å². The van der Waals surface area contributed by atoms with Gasteiger partial charge in [0, 0.05) is 5.69 Å². The molecule has 0 radical (unpaired) electrons. The van der Waals surface area contributed by atoms with Crippen molar-refractivity contribution in [3.05, 3.63) is 29.0 Å². The Bertz CT molecular complexity index is 359. The fourth-order valence-corrected chi connectivity index (χ4v) is 0.984. The van der Waals surface area contributed by atoms with Crippen molar-refractivity contribution < 1.29 is 19.0 Å². The molecular weight excluding hydrogens is 225 g/mol. The Kier molecular flexibility index (Phi) is 4.33. The van der Waals surface area contributed by atoms with Crippen LogP contribution in [0.25, 0.3) is 0 Å². The lowest BCUT2D eigenvalue weighted by Gasteiger charge is -2.05. The molecule has 0 heterocycles. The van der Waals surface area contributed by atoms with Gasteiger partial charge in [0.15, 0.2) is 0 Å². The zero-order chi connectivity index (χ0) is 11.3. The summed E-state index contributed by atoms with van der Waals surface area (Å²) < 4.78 is 17.4. The Morgan fingerprint density at radius 3 is 2.93 bits per heavy atom. The van der Waals surface area contributed by atoms with Gasteiger partial charge in [-0.25, -0.2) is 9.18 Å². The van der Waals surface area contributed by atoms with Crippen LogP contribution in [0.2, 0.25) is 5.02 Å². The van der Waals surface area contributed by atoms with Crippen LogP contribution in [0.1, 0.15) is 0 Å². The van der Waals surface area contributed by atoms with Gasteiger partial charge in [-0.2, -0.15) is 0 Å². The fraction of sp³-hybridized carbons (Fsp3) is 0.222. The standard InChI is InChI=1S/C9H9ClFNO3/c10-7-2-1-6(5-8(7)11)12-9(14)15-4-3-13/h1-2,5,13H,3-4H2,(H,12,14). The van der Waals surface area contributed by atoms with Gasteiger partial charge in [0.25, 0.3) is 0 Å². The highest BCUT2D eigenvalue weighted by Gasteiger charge is 2.05. The zero-order valence-corrected chi connectivity index (χ0v) is 8.42. The summed E-state index contributed by atoms with van der Waals surface area (Å²) in [6.45, 7) is -0.371. The Hall–Kier alpha value is -1.33. The number of aliphatic hydroxyl groups is 1. The molecule has 0 fully saturated rings. The third kappa shape index (κ3) is 3.73. The number of rotatable bonds is 3. The average molecular weight is 234 g/mol. The summed E-state index contributed by atoms with van der Waals surface area (Å²) in [7, 11) is 0. The number of nitrogens with one attached hydrogen (secondary N) is 1. The largest absolute Gasteiger partial charge is 0.447 e. The normalized spacial score (nSPS) is 9.80. The lowest BCUT2D eigenvalue weighted by Crippen LogP contribution is -2.15. The van der Waals surface area contributed by atoms with Crippen LogP contribution in [0.4, 0.5) is 14.9 Å². The van der Waals surface area contributed by atoms with Crippen LogP contribution in [0, 0.1) is 5.82 Å². The highest BCUT2D eigenvalue weighted by Crippen LogP contribution is 2.18. The molecule has 0 unspecified atom stereocenters. The molecule has 0 bridgehead atoms.